The molecule has 0 spiro atoms. The van der Waals surface area contributed by atoms with E-state index in [1.165, 1.54) is 0 Å². The molecule has 16 heavy (non-hydrogen) atoms. The highest BCUT2D eigenvalue weighted by atomic mass is 35.5. The fourth-order valence-corrected chi connectivity index (χ4v) is 1.76. The van der Waals surface area contributed by atoms with Gasteiger partial charge in [0.2, 0.25) is 5.71 Å². The minimum absolute atomic E-state index is 0.135. The predicted octanol–water partition coefficient (Wildman–Crippen LogP) is 1.58. The molecule has 1 saturated carbocycles. The number of carboxylic acids is 1. The van der Waals surface area contributed by atoms with E-state index in [-0.39, 0.29) is 11.5 Å². The molecular weight excluding hydrogens is 234 g/mol. The summed E-state index contributed by atoms with van der Waals surface area (Å²) in [5.74, 6) is -1.97. The monoisotopic (exact) mass is 247 g/mol. The summed E-state index contributed by atoms with van der Waals surface area (Å²) in [5, 5.41) is 12.2. The van der Waals surface area contributed by atoms with E-state index in [2.05, 4.69) is 5.16 Å². The molecule has 0 unspecified atom stereocenters. The number of alkyl halides is 1. The Morgan fingerprint density at radius 3 is 2.31 bits per heavy atom. The van der Waals surface area contributed by atoms with E-state index in [1.807, 2.05) is 0 Å². The molecule has 1 N–H and O–H groups in total. The number of carboxylic acid groups (broad SMARTS) is 1. The van der Waals surface area contributed by atoms with Crippen LogP contribution in [0.25, 0.3) is 0 Å². The quantitative estimate of drug-likeness (QED) is 0.354. The molecule has 6 heteroatoms. The van der Waals surface area contributed by atoms with Crippen LogP contribution in [-0.2, 0) is 14.4 Å². The van der Waals surface area contributed by atoms with Gasteiger partial charge in [-0.05, 0) is 25.7 Å². The summed E-state index contributed by atoms with van der Waals surface area (Å²) in [6.45, 7) is 1.14. The van der Waals surface area contributed by atoms with Gasteiger partial charge in [0.05, 0.1) is 0 Å². The number of hydrogen-bond acceptors (Lipinski definition) is 4. The van der Waals surface area contributed by atoms with Gasteiger partial charge in [-0.25, -0.2) is 4.79 Å². The molecule has 0 heterocycles. The van der Waals surface area contributed by atoms with Crippen molar-refractivity contribution in [2.75, 3.05) is 0 Å². The third-order valence-corrected chi connectivity index (χ3v) is 2.87. The molecule has 0 aromatic heterocycles. The first-order valence-corrected chi connectivity index (χ1v) is 5.56. The van der Waals surface area contributed by atoms with E-state index < -0.39 is 17.5 Å². The van der Waals surface area contributed by atoms with Crippen molar-refractivity contribution in [3.05, 3.63) is 0 Å². The van der Waals surface area contributed by atoms with Crippen molar-refractivity contribution in [2.45, 2.75) is 44.1 Å². The van der Waals surface area contributed by atoms with Crippen molar-refractivity contribution in [2.24, 2.45) is 5.16 Å². The van der Waals surface area contributed by atoms with Crippen LogP contribution in [0.2, 0.25) is 0 Å². The normalized spacial score (nSPS) is 26.2. The first kappa shape index (κ1) is 13.0. The molecule has 0 amide bonds. The van der Waals surface area contributed by atoms with Crippen molar-refractivity contribution < 1.29 is 19.5 Å². The Kier molecular flexibility index (Phi) is 4.73. The first-order valence-electron chi connectivity index (χ1n) is 5.12. The maximum absolute atomic E-state index is 10.9. The smallest absolute Gasteiger partial charge is 0.361 e. The average molecular weight is 248 g/mol. The zero-order chi connectivity index (χ0) is 12.1. The topological polar surface area (TPSA) is 76.0 Å². The van der Waals surface area contributed by atoms with Crippen molar-refractivity contribution in [3.63, 3.8) is 0 Å². The molecule has 0 bridgehead atoms. The fraction of sp³-hybridized carbons (Fsp3) is 0.700. The van der Waals surface area contributed by atoms with Crippen LogP contribution in [0, 0.1) is 0 Å². The lowest BCUT2D eigenvalue weighted by molar-refractivity contribution is -0.130. The van der Waals surface area contributed by atoms with Crippen molar-refractivity contribution in [1.82, 2.24) is 0 Å². The van der Waals surface area contributed by atoms with Gasteiger partial charge in [0.1, 0.15) is 6.10 Å². The molecule has 0 atom stereocenters. The summed E-state index contributed by atoms with van der Waals surface area (Å²) in [4.78, 5) is 26.6. The highest BCUT2D eigenvalue weighted by Crippen LogP contribution is 2.24. The number of aliphatic carboxylic acids is 1. The van der Waals surface area contributed by atoms with Crippen molar-refractivity contribution in [1.29, 1.82) is 0 Å². The number of Topliss-reactive ketones (excluding diaryl/α,β-unsaturated/α-hetero) is 1. The molecular formula is C10H14ClNO4. The Labute approximate surface area is 98.4 Å². The lowest BCUT2D eigenvalue weighted by Gasteiger charge is -2.22. The van der Waals surface area contributed by atoms with Gasteiger partial charge in [0.25, 0.3) is 0 Å². The number of halogens is 1. The third kappa shape index (κ3) is 3.81. The maximum Gasteiger partial charge on any atom is 0.361 e. The molecule has 1 aliphatic rings. The summed E-state index contributed by atoms with van der Waals surface area (Å²) in [5.41, 5.74) is -0.562. The Morgan fingerprint density at radius 1 is 1.31 bits per heavy atom. The van der Waals surface area contributed by atoms with E-state index in [0.717, 1.165) is 32.6 Å². The fourth-order valence-electron chi connectivity index (χ4n) is 1.51. The van der Waals surface area contributed by atoms with Crippen LogP contribution in [0.3, 0.4) is 0 Å². The molecule has 1 aliphatic carbocycles. The van der Waals surface area contributed by atoms with Crippen LogP contribution >= 0.6 is 11.6 Å². The number of carbonyl (C=O) groups is 2. The van der Waals surface area contributed by atoms with Crippen molar-refractivity contribution in [3.8, 4) is 0 Å². The summed E-state index contributed by atoms with van der Waals surface area (Å²) in [6.07, 6.45) is 2.99. The minimum atomic E-state index is -1.36. The zero-order valence-electron chi connectivity index (χ0n) is 8.98. The zero-order valence-corrected chi connectivity index (χ0v) is 9.74. The van der Waals surface area contributed by atoms with Crippen LogP contribution < -0.4 is 0 Å². The molecule has 1 rings (SSSR count). The molecule has 5 nitrogen and oxygen atoms in total. The summed E-state index contributed by atoms with van der Waals surface area (Å²) in [6, 6.07) is 0. The van der Waals surface area contributed by atoms with Crippen LogP contribution in [0.1, 0.15) is 32.6 Å². The van der Waals surface area contributed by atoms with Crippen LogP contribution in [-0.4, -0.2) is 34.1 Å². The van der Waals surface area contributed by atoms with Gasteiger partial charge in [-0.2, -0.15) is 0 Å². The SMILES string of the molecule is CC(=O)/C(=N/O[C@H]1CC[C@@H](Cl)CC1)C(=O)O. The second-order valence-electron chi connectivity index (χ2n) is 3.78. The number of rotatable bonds is 4. The van der Waals surface area contributed by atoms with E-state index in [0.29, 0.717) is 0 Å². The van der Waals surface area contributed by atoms with Gasteiger partial charge in [0, 0.05) is 12.3 Å². The Morgan fingerprint density at radius 2 is 1.88 bits per heavy atom. The number of ketones is 1. The number of nitrogens with zero attached hydrogens (tertiary/aromatic N) is 1. The third-order valence-electron chi connectivity index (χ3n) is 2.43. The molecule has 0 saturated heterocycles. The summed E-state index contributed by atoms with van der Waals surface area (Å²) in [7, 11) is 0. The van der Waals surface area contributed by atoms with E-state index in [1.54, 1.807) is 0 Å². The van der Waals surface area contributed by atoms with E-state index in [4.69, 9.17) is 21.5 Å². The largest absolute Gasteiger partial charge is 0.476 e. The molecule has 1 fully saturated rings. The second-order valence-corrected chi connectivity index (χ2v) is 4.40. The molecule has 0 aromatic carbocycles. The van der Waals surface area contributed by atoms with Gasteiger partial charge < -0.3 is 9.94 Å². The van der Waals surface area contributed by atoms with Crippen LogP contribution in [0.4, 0.5) is 0 Å². The molecule has 0 aliphatic heterocycles. The van der Waals surface area contributed by atoms with Gasteiger partial charge in [-0.15, -0.1) is 11.6 Å². The number of hydrogen-bond donors (Lipinski definition) is 1. The number of oxime groups is 1. The summed E-state index contributed by atoms with van der Waals surface area (Å²) >= 11 is 5.91. The Bertz CT molecular complexity index is 292. The van der Waals surface area contributed by atoms with Gasteiger partial charge in [-0.1, -0.05) is 5.16 Å². The van der Waals surface area contributed by atoms with Gasteiger partial charge in [-0.3, -0.25) is 4.79 Å². The lowest BCUT2D eigenvalue weighted by Crippen LogP contribution is -2.25. The highest BCUT2D eigenvalue weighted by Gasteiger charge is 2.22. The average Bonchev–Trinajstić information content (AvgIpc) is 2.20. The van der Waals surface area contributed by atoms with Crippen molar-refractivity contribution >= 4 is 29.1 Å². The second kappa shape index (κ2) is 5.84. The maximum atomic E-state index is 10.9. The predicted molar refractivity (Wildman–Crippen MR) is 58.7 cm³/mol. The standard InChI is InChI=1S/C10H14ClNO4/c1-6(13)9(10(14)15)12-16-8-4-2-7(11)3-5-8/h7-8H,2-5H2,1H3,(H,14,15)/b12-9-/t7-,8+. The van der Waals surface area contributed by atoms with E-state index in [9.17, 15) is 9.59 Å². The highest BCUT2D eigenvalue weighted by molar-refractivity contribution is 6.63. The summed E-state index contributed by atoms with van der Waals surface area (Å²) < 4.78 is 0. The first-order chi connectivity index (χ1) is 7.50. The Balaban J connectivity index is 2.50. The number of carbonyl (C=O) groups excluding carboxylic acids is 1. The Hall–Kier alpha value is -1.10. The van der Waals surface area contributed by atoms with Gasteiger partial charge in [0.15, 0.2) is 5.78 Å². The van der Waals surface area contributed by atoms with Gasteiger partial charge >= 0.3 is 5.97 Å². The van der Waals surface area contributed by atoms with Crippen LogP contribution in [0.15, 0.2) is 5.16 Å². The molecule has 0 aromatic rings. The van der Waals surface area contributed by atoms with Crippen LogP contribution in [0.5, 0.6) is 0 Å². The minimum Gasteiger partial charge on any atom is -0.476 e. The molecule has 0 radical (unpaired) electrons. The lowest BCUT2D eigenvalue weighted by atomic mass is 9.97. The van der Waals surface area contributed by atoms with E-state index >= 15 is 0 Å². The molecule has 90 valence electrons.